The van der Waals surface area contributed by atoms with Crippen LogP contribution in [0.15, 0.2) is 42.5 Å². The Labute approximate surface area is 99.9 Å². The highest BCUT2D eigenvalue weighted by atomic mass is 35.5. The monoisotopic (exact) mass is 236 g/mol. The molecule has 0 radical (unpaired) electrons. The van der Waals surface area contributed by atoms with E-state index in [1.807, 2.05) is 36.4 Å². The molecule has 0 aliphatic carbocycles. The molecule has 1 N–H and O–H groups in total. The largest absolute Gasteiger partial charge is 0.478 e. The molecule has 0 amide bonds. The summed E-state index contributed by atoms with van der Waals surface area (Å²) in [7, 11) is 0. The van der Waals surface area contributed by atoms with Crippen molar-refractivity contribution < 1.29 is 9.90 Å². The summed E-state index contributed by atoms with van der Waals surface area (Å²) in [6.45, 7) is 3.46. The molecule has 0 aliphatic rings. The van der Waals surface area contributed by atoms with Gasteiger partial charge in [-0.3, -0.25) is 0 Å². The Balaban J connectivity index is 2.44. The number of rotatable bonds is 5. The Morgan fingerprint density at radius 2 is 2.25 bits per heavy atom. The van der Waals surface area contributed by atoms with Crippen molar-refractivity contribution >= 4 is 23.6 Å². The van der Waals surface area contributed by atoms with Gasteiger partial charge < -0.3 is 5.11 Å². The van der Waals surface area contributed by atoms with Gasteiger partial charge in [-0.15, -0.1) is 0 Å². The quantitative estimate of drug-likeness (QED) is 0.790. The Hall–Kier alpha value is -1.54. The zero-order valence-electron chi connectivity index (χ0n) is 8.82. The fourth-order valence-corrected chi connectivity index (χ4v) is 1.39. The molecule has 1 aromatic rings. The highest BCUT2D eigenvalue weighted by molar-refractivity contribution is 6.30. The summed E-state index contributed by atoms with van der Waals surface area (Å²) in [6.07, 6.45) is 4.96. The minimum atomic E-state index is -0.934. The van der Waals surface area contributed by atoms with Gasteiger partial charge in [-0.05, 0) is 30.5 Å². The number of carboxylic acids is 1. The SMILES string of the molecule is C=C(CCC=Cc1cccc(Cl)c1)C(=O)O. The summed E-state index contributed by atoms with van der Waals surface area (Å²) < 4.78 is 0. The zero-order chi connectivity index (χ0) is 12.0. The van der Waals surface area contributed by atoms with Gasteiger partial charge in [0.1, 0.15) is 0 Å². The standard InChI is InChI=1S/C13H13ClO2/c1-10(13(15)16)5-2-3-6-11-7-4-8-12(14)9-11/h3-4,6-9H,1-2,5H2,(H,15,16). The molecule has 0 aromatic heterocycles. The van der Waals surface area contributed by atoms with Crippen LogP contribution in [0.25, 0.3) is 6.08 Å². The Morgan fingerprint density at radius 1 is 1.50 bits per heavy atom. The van der Waals surface area contributed by atoms with E-state index in [1.54, 1.807) is 0 Å². The molecule has 1 aromatic carbocycles. The fourth-order valence-electron chi connectivity index (χ4n) is 1.19. The van der Waals surface area contributed by atoms with E-state index in [9.17, 15) is 4.79 Å². The van der Waals surface area contributed by atoms with Gasteiger partial charge in [0.2, 0.25) is 0 Å². The van der Waals surface area contributed by atoms with E-state index in [0.29, 0.717) is 17.9 Å². The van der Waals surface area contributed by atoms with E-state index in [2.05, 4.69) is 6.58 Å². The Morgan fingerprint density at radius 3 is 2.88 bits per heavy atom. The van der Waals surface area contributed by atoms with Crippen LogP contribution < -0.4 is 0 Å². The van der Waals surface area contributed by atoms with Gasteiger partial charge in [-0.2, -0.15) is 0 Å². The second-order valence-electron chi connectivity index (χ2n) is 3.40. The Bertz CT molecular complexity index is 422. The van der Waals surface area contributed by atoms with Crippen molar-refractivity contribution in [3.8, 4) is 0 Å². The van der Waals surface area contributed by atoms with Gasteiger partial charge in [0, 0.05) is 10.6 Å². The molecule has 1 rings (SSSR count). The van der Waals surface area contributed by atoms with Crippen LogP contribution in [0.5, 0.6) is 0 Å². The minimum absolute atomic E-state index is 0.232. The molecule has 0 heterocycles. The first-order valence-corrected chi connectivity index (χ1v) is 5.30. The molecule has 3 heteroatoms. The number of hydrogen-bond acceptors (Lipinski definition) is 1. The van der Waals surface area contributed by atoms with E-state index in [1.165, 1.54) is 0 Å². The van der Waals surface area contributed by atoms with Gasteiger partial charge in [0.25, 0.3) is 0 Å². The van der Waals surface area contributed by atoms with Crippen molar-refractivity contribution in [3.63, 3.8) is 0 Å². The highest BCUT2D eigenvalue weighted by Crippen LogP contribution is 2.12. The first-order chi connectivity index (χ1) is 7.59. The minimum Gasteiger partial charge on any atom is -0.478 e. The maximum Gasteiger partial charge on any atom is 0.330 e. The number of aliphatic carboxylic acids is 1. The third-order valence-corrected chi connectivity index (χ3v) is 2.31. The molecule has 84 valence electrons. The number of carboxylic acid groups (broad SMARTS) is 1. The topological polar surface area (TPSA) is 37.3 Å². The zero-order valence-corrected chi connectivity index (χ0v) is 9.57. The van der Waals surface area contributed by atoms with Crippen LogP contribution in [0, 0.1) is 0 Å². The first-order valence-electron chi connectivity index (χ1n) is 4.93. The van der Waals surface area contributed by atoms with Crippen LogP contribution in [0.4, 0.5) is 0 Å². The van der Waals surface area contributed by atoms with Crippen molar-refractivity contribution in [2.75, 3.05) is 0 Å². The smallest absolute Gasteiger partial charge is 0.330 e. The van der Waals surface area contributed by atoms with Crippen molar-refractivity contribution in [1.29, 1.82) is 0 Å². The average Bonchev–Trinajstić information content (AvgIpc) is 2.24. The average molecular weight is 237 g/mol. The molecular weight excluding hydrogens is 224 g/mol. The lowest BCUT2D eigenvalue weighted by molar-refractivity contribution is -0.132. The van der Waals surface area contributed by atoms with E-state index >= 15 is 0 Å². The van der Waals surface area contributed by atoms with Crippen molar-refractivity contribution in [2.24, 2.45) is 0 Å². The predicted octanol–water partition coefficient (Wildman–Crippen LogP) is 3.77. The summed E-state index contributed by atoms with van der Waals surface area (Å²) in [5.74, 6) is -0.934. The van der Waals surface area contributed by atoms with E-state index in [0.717, 1.165) is 5.56 Å². The second kappa shape index (κ2) is 6.13. The molecule has 0 unspecified atom stereocenters. The second-order valence-corrected chi connectivity index (χ2v) is 3.84. The lowest BCUT2D eigenvalue weighted by Crippen LogP contribution is -1.97. The molecular formula is C13H13ClO2. The van der Waals surface area contributed by atoms with E-state index < -0.39 is 5.97 Å². The van der Waals surface area contributed by atoms with Crippen LogP contribution in [0.1, 0.15) is 18.4 Å². The van der Waals surface area contributed by atoms with E-state index in [4.69, 9.17) is 16.7 Å². The van der Waals surface area contributed by atoms with Crippen LogP contribution in [0.3, 0.4) is 0 Å². The van der Waals surface area contributed by atoms with Crippen molar-refractivity contribution in [3.05, 3.63) is 53.1 Å². The van der Waals surface area contributed by atoms with Crippen LogP contribution in [0.2, 0.25) is 5.02 Å². The van der Waals surface area contributed by atoms with Gasteiger partial charge in [-0.1, -0.05) is 42.5 Å². The van der Waals surface area contributed by atoms with E-state index in [-0.39, 0.29) is 5.57 Å². The van der Waals surface area contributed by atoms with Gasteiger partial charge in [0.05, 0.1) is 0 Å². The highest BCUT2D eigenvalue weighted by Gasteiger charge is 2.00. The number of benzene rings is 1. The molecule has 0 saturated carbocycles. The number of halogens is 1. The molecule has 0 saturated heterocycles. The fraction of sp³-hybridized carbons (Fsp3) is 0.154. The predicted molar refractivity (Wildman–Crippen MR) is 66.5 cm³/mol. The van der Waals surface area contributed by atoms with Crippen molar-refractivity contribution in [1.82, 2.24) is 0 Å². The number of carbonyl (C=O) groups is 1. The summed E-state index contributed by atoms with van der Waals surface area (Å²) in [5, 5.41) is 9.29. The number of hydrogen-bond donors (Lipinski definition) is 1. The third-order valence-electron chi connectivity index (χ3n) is 2.07. The van der Waals surface area contributed by atoms with Gasteiger partial charge >= 0.3 is 5.97 Å². The maximum atomic E-state index is 10.5. The molecule has 0 fully saturated rings. The summed E-state index contributed by atoms with van der Waals surface area (Å²) in [4.78, 5) is 10.5. The van der Waals surface area contributed by atoms with Gasteiger partial charge in [-0.25, -0.2) is 4.79 Å². The lowest BCUT2D eigenvalue weighted by Gasteiger charge is -1.96. The molecule has 0 aliphatic heterocycles. The third kappa shape index (κ3) is 4.32. The van der Waals surface area contributed by atoms with Crippen LogP contribution in [-0.4, -0.2) is 11.1 Å². The summed E-state index contributed by atoms with van der Waals surface area (Å²) >= 11 is 5.82. The van der Waals surface area contributed by atoms with Crippen LogP contribution in [-0.2, 0) is 4.79 Å². The maximum absolute atomic E-state index is 10.5. The molecule has 0 bridgehead atoms. The first kappa shape index (κ1) is 12.5. The molecule has 0 atom stereocenters. The normalized spacial score (nSPS) is 10.6. The van der Waals surface area contributed by atoms with Gasteiger partial charge in [0.15, 0.2) is 0 Å². The molecule has 0 spiro atoms. The lowest BCUT2D eigenvalue weighted by atomic mass is 10.1. The van der Waals surface area contributed by atoms with Crippen LogP contribution >= 0.6 is 11.6 Å². The molecule has 16 heavy (non-hydrogen) atoms. The number of allylic oxidation sites excluding steroid dienone is 1. The molecule has 2 nitrogen and oxygen atoms in total. The summed E-state index contributed by atoms with van der Waals surface area (Å²) in [6, 6.07) is 7.47. The summed E-state index contributed by atoms with van der Waals surface area (Å²) in [5.41, 5.74) is 1.24. The van der Waals surface area contributed by atoms with Crippen molar-refractivity contribution in [2.45, 2.75) is 12.8 Å². The Kier molecular flexibility index (Phi) is 4.80.